The van der Waals surface area contributed by atoms with Crippen LogP contribution in [-0.4, -0.2) is 22.3 Å². The Balaban J connectivity index is 1.92. The van der Waals surface area contributed by atoms with Crippen molar-refractivity contribution in [2.24, 2.45) is 0 Å². The van der Waals surface area contributed by atoms with Crippen LogP contribution >= 0.6 is 11.6 Å². The van der Waals surface area contributed by atoms with Crippen molar-refractivity contribution in [2.45, 2.75) is 12.5 Å². The van der Waals surface area contributed by atoms with E-state index in [4.69, 9.17) is 26.0 Å². The minimum absolute atomic E-state index is 0.213. The van der Waals surface area contributed by atoms with Crippen molar-refractivity contribution in [3.05, 3.63) is 47.0 Å². The summed E-state index contributed by atoms with van der Waals surface area (Å²) in [5.74, 6) is -0.652. The molecule has 1 aliphatic heterocycles. The molecule has 1 atom stereocenters. The van der Waals surface area contributed by atoms with E-state index >= 15 is 0 Å². The molecule has 0 unspecified atom stereocenters. The normalized spacial score (nSPS) is 16.5. The molecule has 0 spiro atoms. The van der Waals surface area contributed by atoms with Crippen LogP contribution in [0.15, 0.2) is 40.9 Å². The van der Waals surface area contributed by atoms with Crippen molar-refractivity contribution in [2.75, 3.05) is 0 Å². The fourth-order valence-electron chi connectivity index (χ4n) is 2.71. The number of halogens is 1. The quantitative estimate of drug-likeness (QED) is 0.783. The fraction of sp³-hybridized carbons (Fsp3) is 0.125. The third kappa shape index (κ3) is 1.86. The number of ether oxygens (including phenoxy) is 1. The number of aliphatic carboxylic acids is 1. The van der Waals surface area contributed by atoms with Crippen molar-refractivity contribution >= 4 is 28.5 Å². The van der Waals surface area contributed by atoms with E-state index in [1.807, 2.05) is 30.3 Å². The van der Waals surface area contributed by atoms with E-state index in [0.29, 0.717) is 27.6 Å². The van der Waals surface area contributed by atoms with Crippen LogP contribution in [0, 0.1) is 0 Å². The number of fused-ring (bicyclic) bond motifs is 3. The van der Waals surface area contributed by atoms with Crippen molar-refractivity contribution in [1.82, 2.24) is 5.16 Å². The van der Waals surface area contributed by atoms with Gasteiger partial charge in [0.05, 0.1) is 10.4 Å². The molecule has 0 fully saturated rings. The zero-order chi connectivity index (χ0) is 15.3. The van der Waals surface area contributed by atoms with Crippen molar-refractivity contribution in [1.29, 1.82) is 0 Å². The number of hydrogen-bond donors (Lipinski definition) is 1. The van der Waals surface area contributed by atoms with Crippen LogP contribution in [0.3, 0.4) is 0 Å². The van der Waals surface area contributed by atoms with Crippen LogP contribution in [0.2, 0.25) is 5.02 Å². The monoisotopic (exact) mass is 315 g/mol. The van der Waals surface area contributed by atoms with Gasteiger partial charge in [0, 0.05) is 17.5 Å². The van der Waals surface area contributed by atoms with Gasteiger partial charge in [-0.3, -0.25) is 0 Å². The average Bonchev–Trinajstić information content (AvgIpc) is 3.12. The summed E-state index contributed by atoms with van der Waals surface area (Å²) in [7, 11) is 0. The van der Waals surface area contributed by atoms with Crippen LogP contribution in [0.5, 0.6) is 5.75 Å². The highest BCUT2D eigenvalue weighted by Gasteiger charge is 2.34. The number of nitrogens with zero attached hydrogens (tertiary/aromatic N) is 1. The van der Waals surface area contributed by atoms with Crippen molar-refractivity contribution in [3.63, 3.8) is 0 Å². The van der Waals surface area contributed by atoms with Crippen LogP contribution in [0.4, 0.5) is 0 Å². The Labute approximate surface area is 130 Å². The molecule has 0 aliphatic carbocycles. The van der Waals surface area contributed by atoms with Gasteiger partial charge in [-0.05, 0) is 6.07 Å². The minimum atomic E-state index is -1.02. The maximum Gasteiger partial charge on any atom is 0.345 e. The summed E-state index contributed by atoms with van der Waals surface area (Å²) in [6.45, 7) is 0. The smallest absolute Gasteiger partial charge is 0.345 e. The number of benzene rings is 2. The van der Waals surface area contributed by atoms with Gasteiger partial charge in [0.25, 0.3) is 0 Å². The zero-order valence-corrected chi connectivity index (χ0v) is 12.0. The lowest BCUT2D eigenvalue weighted by Gasteiger charge is -2.05. The first kappa shape index (κ1) is 13.2. The van der Waals surface area contributed by atoms with Crippen LogP contribution in [0.1, 0.15) is 5.56 Å². The predicted octanol–water partition coefficient (Wildman–Crippen LogP) is 3.54. The fourth-order valence-corrected chi connectivity index (χ4v) is 2.98. The number of hydrogen-bond acceptors (Lipinski definition) is 4. The molecule has 1 aliphatic rings. The maximum atomic E-state index is 11.1. The molecule has 1 aromatic heterocycles. The Hall–Kier alpha value is -2.53. The van der Waals surface area contributed by atoms with E-state index < -0.39 is 12.1 Å². The Bertz CT molecular complexity index is 888. The molecule has 2 aromatic carbocycles. The molecule has 5 nitrogen and oxygen atoms in total. The summed E-state index contributed by atoms with van der Waals surface area (Å²) in [4.78, 5) is 11.1. The molecule has 0 amide bonds. The van der Waals surface area contributed by atoms with Gasteiger partial charge in [-0.2, -0.15) is 0 Å². The molecule has 3 aromatic rings. The van der Waals surface area contributed by atoms with E-state index in [1.165, 1.54) is 0 Å². The van der Waals surface area contributed by atoms with Gasteiger partial charge in [0.2, 0.25) is 0 Å². The summed E-state index contributed by atoms with van der Waals surface area (Å²) >= 11 is 6.25. The van der Waals surface area contributed by atoms with Crippen molar-refractivity contribution in [3.8, 4) is 17.0 Å². The minimum Gasteiger partial charge on any atom is -0.478 e. The number of rotatable bonds is 2. The van der Waals surface area contributed by atoms with Gasteiger partial charge < -0.3 is 14.4 Å². The Morgan fingerprint density at radius 2 is 2.09 bits per heavy atom. The van der Waals surface area contributed by atoms with Gasteiger partial charge in [-0.1, -0.05) is 47.1 Å². The summed E-state index contributed by atoms with van der Waals surface area (Å²) in [5, 5.41) is 14.4. The van der Waals surface area contributed by atoms with Crippen LogP contribution < -0.4 is 4.74 Å². The first-order chi connectivity index (χ1) is 10.6. The van der Waals surface area contributed by atoms with Gasteiger partial charge in [0.1, 0.15) is 11.4 Å². The zero-order valence-electron chi connectivity index (χ0n) is 11.2. The van der Waals surface area contributed by atoms with Crippen LogP contribution in [-0.2, 0) is 11.2 Å². The molecule has 1 N–H and O–H groups in total. The summed E-state index contributed by atoms with van der Waals surface area (Å²) in [6, 6.07) is 11.3. The first-order valence-corrected chi connectivity index (χ1v) is 7.08. The van der Waals surface area contributed by atoms with Crippen molar-refractivity contribution < 1.29 is 19.2 Å². The second kappa shape index (κ2) is 4.74. The molecule has 22 heavy (non-hydrogen) atoms. The maximum absolute atomic E-state index is 11.1. The molecule has 0 saturated heterocycles. The Morgan fingerprint density at radius 1 is 1.32 bits per heavy atom. The molecule has 6 heteroatoms. The summed E-state index contributed by atoms with van der Waals surface area (Å²) in [6.07, 6.45) is -0.728. The average molecular weight is 316 g/mol. The van der Waals surface area contributed by atoms with Gasteiger partial charge in [0.15, 0.2) is 11.7 Å². The lowest BCUT2D eigenvalue weighted by atomic mass is 10.0. The number of carboxylic acid groups (broad SMARTS) is 1. The number of carbonyl (C=O) groups is 1. The molecular weight excluding hydrogens is 306 g/mol. The lowest BCUT2D eigenvalue weighted by molar-refractivity contribution is -0.144. The third-order valence-corrected chi connectivity index (χ3v) is 4.02. The molecular formula is C16H10ClNO4. The first-order valence-electron chi connectivity index (χ1n) is 6.71. The topological polar surface area (TPSA) is 72.6 Å². The van der Waals surface area contributed by atoms with Gasteiger partial charge in [-0.15, -0.1) is 0 Å². The van der Waals surface area contributed by atoms with E-state index in [-0.39, 0.29) is 6.42 Å². The van der Waals surface area contributed by atoms with Gasteiger partial charge >= 0.3 is 5.97 Å². The number of aromatic nitrogens is 1. The second-order valence-corrected chi connectivity index (χ2v) is 5.50. The molecule has 110 valence electrons. The highest BCUT2D eigenvalue weighted by Crippen LogP contribution is 2.43. The molecule has 0 bridgehead atoms. The lowest BCUT2D eigenvalue weighted by Crippen LogP contribution is -2.24. The largest absolute Gasteiger partial charge is 0.478 e. The molecule has 4 rings (SSSR count). The summed E-state index contributed by atoms with van der Waals surface area (Å²) in [5.41, 5.74) is 2.77. The van der Waals surface area contributed by atoms with Gasteiger partial charge in [-0.25, -0.2) is 4.79 Å². The standard InChI is InChI=1S/C16H10ClNO4/c17-11-6-9-13(8-4-2-1-3-5-8)18-22-14(9)10-7-12(16(19)20)21-15(10)11/h1-6,12H,7H2,(H,19,20)/t12-/m0/s1. The number of carboxylic acids is 1. The Kier molecular flexibility index (Phi) is 2.84. The molecule has 2 heterocycles. The second-order valence-electron chi connectivity index (χ2n) is 5.09. The molecule has 0 radical (unpaired) electrons. The predicted molar refractivity (Wildman–Crippen MR) is 80.2 cm³/mol. The van der Waals surface area contributed by atoms with E-state index in [1.54, 1.807) is 6.07 Å². The highest BCUT2D eigenvalue weighted by molar-refractivity contribution is 6.33. The summed E-state index contributed by atoms with van der Waals surface area (Å²) < 4.78 is 10.9. The van der Waals surface area contributed by atoms with E-state index in [9.17, 15) is 4.79 Å². The van der Waals surface area contributed by atoms with E-state index in [0.717, 1.165) is 10.9 Å². The van der Waals surface area contributed by atoms with Crippen LogP contribution in [0.25, 0.3) is 22.2 Å². The molecule has 0 saturated carbocycles. The van der Waals surface area contributed by atoms with E-state index in [2.05, 4.69) is 5.16 Å². The third-order valence-electron chi connectivity index (χ3n) is 3.74. The highest BCUT2D eigenvalue weighted by atomic mass is 35.5. The SMILES string of the molecule is O=C(O)[C@@H]1Cc2c(c(Cl)cc3c(-c4ccccc4)noc23)O1. The Morgan fingerprint density at radius 3 is 2.82 bits per heavy atom.